The minimum Gasteiger partial charge on any atom is -0.314 e. The average Bonchev–Trinajstić information content (AvgIpc) is 3.10. The van der Waals surface area contributed by atoms with E-state index >= 15 is 0 Å². The summed E-state index contributed by atoms with van der Waals surface area (Å²) in [5.41, 5.74) is 0. The van der Waals surface area contributed by atoms with Gasteiger partial charge in [-0.3, -0.25) is 0 Å². The largest absolute Gasteiger partial charge is 0.314 e. The Kier molecular flexibility index (Phi) is 5.43. The van der Waals surface area contributed by atoms with Gasteiger partial charge in [0.2, 0.25) is 0 Å². The molecule has 2 rings (SSSR count). The number of hydrogen-bond donors (Lipinski definition) is 1. The van der Waals surface area contributed by atoms with Gasteiger partial charge in [-0.1, -0.05) is 13.0 Å². The molecule has 0 aliphatic heterocycles. The summed E-state index contributed by atoms with van der Waals surface area (Å²) in [7, 11) is 2.27. The fourth-order valence-corrected chi connectivity index (χ4v) is 3.30. The molecule has 3 atom stereocenters. The minimum absolute atomic E-state index is 0.608. The Morgan fingerprint density at radius 2 is 2.11 bits per heavy atom. The van der Waals surface area contributed by atoms with Crippen LogP contribution in [0.25, 0.3) is 0 Å². The molecule has 0 radical (unpaired) electrons. The number of rotatable bonds is 8. The highest BCUT2D eigenvalue weighted by molar-refractivity contribution is 7.09. The molecule has 3 unspecified atom stereocenters. The van der Waals surface area contributed by atoms with Gasteiger partial charge in [0.25, 0.3) is 0 Å². The second kappa shape index (κ2) is 6.87. The van der Waals surface area contributed by atoms with E-state index < -0.39 is 0 Å². The number of likely N-dealkylation sites (N-methyl/N-ethyl adjacent to an activating group) is 1. The molecule has 0 bridgehead atoms. The Morgan fingerprint density at radius 1 is 1.37 bits per heavy atom. The lowest BCUT2D eigenvalue weighted by atomic mass is 10.00. The highest BCUT2D eigenvalue weighted by Crippen LogP contribution is 2.21. The predicted molar refractivity (Wildman–Crippen MR) is 84.9 cm³/mol. The smallest absolute Gasteiger partial charge is 0.0115 e. The first kappa shape index (κ1) is 15.0. The summed E-state index contributed by atoms with van der Waals surface area (Å²) in [6.07, 6.45) is 3.93. The van der Waals surface area contributed by atoms with Crippen molar-refractivity contribution in [1.82, 2.24) is 10.2 Å². The maximum absolute atomic E-state index is 3.65. The van der Waals surface area contributed by atoms with Gasteiger partial charge in [-0.2, -0.15) is 0 Å². The molecule has 108 valence electrons. The number of nitrogens with one attached hydrogen (secondary N) is 1. The molecule has 0 amide bonds. The van der Waals surface area contributed by atoms with Crippen molar-refractivity contribution in [3.8, 4) is 0 Å². The molecular formula is C16H28N2S. The van der Waals surface area contributed by atoms with Crippen LogP contribution in [-0.4, -0.2) is 36.6 Å². The third-order valence-electron chi connectivity index (χ3n) is 4.54. The molecule has 1 aliphatic rings. The van der Waals surface area contributed by atoms with Crippen LogP contribution < -0.4 is 5.32 Å². The van der Waals surface area contributed by atoms with E-state index in [4.69, 9.17) is 0 Å². The molecule has 1 fully saturated rings. The third-order valence-corrected chi connectivity index (χ3v) is 5.44. The Morgan fingerprint density at radius 3 is 2.68 bits per heavy atom. The van der Waals surface area contributed by atoms with Crippen molar-refractivity contribution in [3.05, 3.63) is 22.4 Å². The van der Waals surface area contributed by atoms with E-state index in [9.17, 15) is 0 Å². The van der Waals surface area contributed by atoms with Gasteiger partial charge in [0.15, 0.2) is 0 Å². The first-order valence-electron chi connectivity index (χ1n) is 7.55. The van der Waals surface area contributed by atoms with Gasteiger partial charge in [-0.05, 0) is 64.1 Å². The maximum atomic E-state index is 3.65. The fraction of sp³-hybridized carbons (Fsp3) is 0.750. The summed E-state index contributed by atoms with van der Waals surface area (Å²) in [5.74, 6) is 0.705. The van der Waals surface area contributed by atoms with Crippen LogP contribution in [0.2, 0.25) is 0 Å². The molecule has 0 saturated heterocycles. The van der Waals surface area contributed by atoms with Crippen LogP contribution in [-0.2, 0) is 6.42 Å². The highest BCUT2D eigenvalue weighted by Gasteiger charge is 2.25. The molecule has 1 heterocycles. The monoisotopic (exact) mass is 280 g/mol. The summed E-state index contributed by atoms with van der Waals surface area (Å²) >= 11 is 1.87. The van der Waals surface area contributed by atoms with E-state index in [0.717, 1.165) is 12.6 Å². The minimum atomic E-state index is 0.608. The summed E-state index contributed by atoms with van der Waals surface area (Å²) in [4.78, 5) is 4.04. The summed E-state index contributed by atoms with van der Waals surface area (Å²) < 4.78 is 0. The molecule has 1 aromatic rings. The van der Waals surface area contributed by atoms with E-state index in [1.165, 1.54) is 24.1 Å². The van der Waals surface area contributed by atoms with E-state index in [1.54, 1.807) is 0 Å². The van der Waals surface area contributed by atoms with Gasteiger partial charge in [0.05, 0.1) is 0 Å². The number of nitrogens with zero attached hydrogens (tertiary/aromatic N) is 1. The van der Waals surface area contributed by atoms with Gasteiger partial charge in [-0.25, -0.2) is 0 Å². The number of thiophene rings is 1. The predicted octanol–water partition coefficient (Wildman–Crippen LogP) is 3.39. The fourth-order valence-electron chi connectivity index (χ4n) is 2.48. The first-order chi connectivity index (χ1) is 9.08. The van der Waals surface area contributed by atoms with E-state index in [2.05, 4.69) is 55.5 Å². The van der Waals surface area contributed by atoms with Crippen molar-refractivity contribution < 1.29 is 0 Å². The maximum Gasteiger partial charge on any atom is 0.0115 e. The summed E-state index contributed by atoms with van der Waals surface area (Å²) in [6, 6.07) is 6.46. The molecule has 2 nitrogen and oxygen atoms in total. The first-order valence-corrected chi connectivity index (χ1v) is 8.43. The normalized spacial score (nSPS) is 20.5. The highest BCUT2D eigenvalue weighted by atomic mass is 32.1. The van der Waals surface area contributed by atoms with E-state index in [0.29, 0.717) is 18.0 Å². The van der Waals surface area contributed by atoms with Crippen molar-refractivity contribution in [2.75, 3.05) is 13.6 Å². The lowest BCUT2D eigenvalue weighted by Gasteiger charge is -2.34. The van der Waals surface area contributed by atoms with Crippen molar-refractivity contribution in [3.63, 3.8) is 0 Å². The van der Waals surface area contributed by atoms with Crippen molar-refractivity contribution in [1.29, 1.82) is 0 Å². The van der Waals surface area contributed by atoms with Gasteiger partial charge in [0, 0.05) is 23.0 Å². The van der Waals surface area contributed by atoms with Crippen LogP contribution >= 0.6 is 11.3 Å². The molecular weight excluding hydrogens is 252 g/mol. The molecule has 3 heteroatoms. The zero-order valence-corrected chi connectivity index (χ0v) is 13.5. The van der Waals surface area contributed by atoms with Crippen LogP contribution in [0.5, 0.6) is 0 Å². The van der Waals surface area contributed by atoms with Crippen molar-refractivity contribution >= 4 is 11.3 Å². The molecule has 0 spiro atoms. The van der Waals surface area contributed by atoms with E-state index in [-0.39, 0.29) is 0 Å². The van der Waals surface area contributed by atoms with Crippen LogP contribution in [0.3, 0.4) is 0 Å². The molecule has 1 aromatic heterocycles. The van der Waals surface area contributed by atoms with Gasteiger partial charge in [0.1, 0.15) is 0 Å². The SMILES string of the molecule is CC(CNC1CC1)C(C)N(C)C(C)Cc1cccs1. The molecule has 0 aromatic carbocycles. The quantitative estimate of drug-likeness (QED) is 0.785. The van der Waals surface area contributed by atoms with Crippen molar-refractivity contribution in [2.45, 2.75) is 58.2 Å². The van der Waals surface area contributed by atoms with Crippen LogP contribution in [0.15, 0.2) is 17.5 Å². The Labute approximate surface area is 122 Å². The molecule has 1 aliphatic carbocycles. The zero-order chi connectivity index (χ0) is 13.8. The lowest BCUT2D eigenvalue weighted by molar-refractivity contribution is 0.149. The van der Waals surface area contributed by atoms with Crippen LogP contribution in [0.1, 0.15) is 38.5 Å². The average molecular weight is 280 g/mol. The molecule has 19 heavy (non-hydrogen) atoms. The zero-order valence-electron chi connectivity index (χ0n) is 12.7. The standard InChI is InChI=1S/C16H28N2S/c1-12(11-17-15-7-8-15)14(3)18(4)13(2)10-16-6-5-9-19-16/h5-6,9,12-15,17H,7-8,10-11H2,1-4H3. The number of hydrogen-bond acceptors (Lipinski definition) is 3. The van der Waals surface area contributed by atoms with Crippen LogP contribution in [0, 0.1) is 5.92 Å². The van der Waals surface area contributed by atoms with Gasteiger partial charge < -0.3 is 10.2 Å². The molecule has 1 N–H and O–H groups in total. The van der Waals surface area contributed by atoms with Gasteiger partial charge >= 0.3 is 0 Å². The summed E-state index contributed by atoms with van der Waals surface area (Å²) in [6.45, 7) is 8.23. The Hall–Kier alpha value is -0.380. The van der Waals surface area contributed by atoms with Gasteiger partial charge in [-0.15, -0.1) is 11.3 Å². The lowest BCUT2D eigenvalue weighted by Crippen LogP contribution is -2.44. The third kappa shape index (κ3) is 4.59. The van der Waals surface area contributed by atoms with Crippen LogP contribution in [0.4, 0.5) is 0 Å². The second-order valence-electron chi connectivity index (χ2n) is 6.20. The molecule has 1 saturated carbocycles. The van der Waals surface area contributed by atoms with E-state index in [1.807, 2.05) is 11.3 Å². The van der Waals surface area contributed by atoms with Crippen molar-refractivity contribution in [2.24, 2.45) is 5.92 Å². The summed E-state index contributed by atoms with van der Waals surface area (Å²) in [5, 5.41) is 5.83. The topological polar surface area (TPSA) is 15.3 Å². The Balaban J connectivity index is 1.77. The second-order valence-corrected chi connectivity index (χ2v) is 7.23. The Bertz CT molecular complexity index is 359.